The molecular formula is C25H39ClN2O. The van der Waals surface area contributed by atoms with Crippen LogP contribution in [0.15, 0.2) is 36.4 Å². The van der Waals surface area contributed by atoms with Crippen LogP contribution in [0.1, 0.15) is 77.7 Å². The third kappa shape index (κ3) is 7.54. The van der Waals surface area contributed by atoms with Crippen molar-refractivity contribution in [3.8, 4) is 5.75 Å². The molecule has 0 bridgehead atoms. The van der Waals surface area contributed by atoms with E-state index in [0.29, 0.717) is 5.84 Å². The van der Waals surface area contributed by atoms with Crippen LogP contribution in [0.3, 0.4) is 0 Å². The van der Waals surface area contributed by atoms with E-state index in [9.17, 15) is 0 Å². The van der Waals surface area contributed by atoms with Gasteiger partial charge in [0, 0.05) is 24.0 Å². The van der Waals surface area contributed by atoms with Gasteiger partial charge >= 0.3 is 0 Å². The lowest BCUT2D eigenvalue weighted by Crippen LogP contribution is -2.33. The standard InChI is InChI=1S/C25H38N2O.ClH/c1-4-7-10-13-20-28-24-17-16-23(21-14-11-12-15-22(21)24)25(26)27(18-8-5-2)19-9-6-3;/h11-12,14-17,26H,4-10,13,18-20H2,1-3H3;1H. The first-order chi connectivity index (χ1) is 13.7. The Hall–Kier alpha value is -1.74. The lowest BCUT2D eigenvalue weighted by molar-refractivity contribution is 0.308. The molecule has 2 aromatic rings. The van der Waals surface area contributed by atoms with E-state index in [1.165, 1.54) is 19.3 Å². The second-order valence-electron chi connectivity index (χ2n) is 7.61. The van der Waals surface area contributed by atoms with Crippen LogP contribution in [0.25, 0.3) is 10.8 Å². The molecule has 0 saturated carbocycles. The summed E-state index contributed by atoms with van der Waals surface area (Å²) >= 11 is 0. The third-order valence-electron chi connectivity index (χ3n) is 5.27. The Labute approximate surface area is 183 Å². The van der Waals surface area contributed by atoms with Crippen molar-refractivity contribution in [3.05, 3.63) is 42.0 Å². The number of nitrogens with zero attached hydrogens (tertiary/aromatic N) is 1. The Bertz CT molecular complexity index is 724. The smallest absolute Gasteiger partial charge is 0.128 e. The zero-order chi connectivity index (χ0) is 20.2. The molecule has 0 aliphatic heterocycles. The summed E-state index contributed by atoms with van der Waals surface area (Å²) in [5.74, 6) is 1.59. The average Bonchev–Trinajstić information content (AvgIpc) is 2.73. The highest BCUT2D eigenvalue weighted by atomic mass is 35.5. The van der Waals surface area contributed by atoms with Crippen molar-refractivity contribution in [2.75, 3.05) is 19.7 Å². The molecule has 29 heavy (non-hydrogen) atoms. The lowest BCUT2D eigenvalue weighted by atomic mass is 10.0. The minimum absolute atomic E-state index is 0. The molecule has 0 aliphatic carbocycles. The summed E-state index contributed by atoms with van der Waals surface area (Å²) in [6, 6.07) is 12.5. The van der Waals surface area contributed by atoms with E-state index < -0.39 is 0 Å². The monoisotopic (exact) mass is 418 g/mol. The number of rotatable bonds is 13. The quantitative estimate of drug-likeness (QED) is 0.208. The van der Waals surface area contributed by atoms with Gasteiger partial charge in [-0.3, -0.25) is 5.41 Å². The number of benzene rings is 2. The van der Waals surface area contributed by atoms with Gasteiger partial charge in [-0.05, 0) is 36.8 Å². The zero-order valence-electron chi connectivity index (χ0n) is 18.5. The fraction of sp³-hybridized carbons (Fsp3) is 0.560. The topological polar surface area (TPSA) is 36.3 Å². The van der Waals surface area contributed by atoms with Crippen LogP contribution in [-0.4, -0.2) is 30.4 Å². The summed E-state index contributed by atoms with van der Waals surface area (Å²) in [7, 11) is 0. The number of unbranched alkanes of at least 4 members (excludes halogenated alkanes) is 5. The van der Waals surface area contributed by atoms with Crippen LogP contribution < -0.4 is 4.74 Å². The SMILES string of the molecule is CCCCCCOc1ccc(C(=N)N(CCCC)CCCC)c2ccccc12.Cl. The first kappa shape index (κ1) is 25.3. The summed E-state index contributed by atoms with van der Waals surface area (Å²) in [5, 5.41) is 11.1. The fourth-order valence-electron chi connectivity index (χ4n) is 3.52. The summed E-state index contributed by atoms with van der Waals surface area (Å²) in [5.41, 5.74) is 1.01. The predicted molar refractivity (Wildman–Crippen MR) is 129 cm³/mol. The molecule has 2 rings (SSSR count). The van der Waals surface area contributed by atoms with Crippen molar-refractivity contribution in [2.45, 2.75) is 72.1 Å². The Morgan fingerprint density at radius 2 is 1.41 bits per heavy atom. The molecule has 0 aromatic heterocycles. The maximum atomic E-state index is 8.90. The number of halogens is 1. The normalized spacial score (nSPS) is 10.6. The van der Waals surface area contributed by atoms with Crippen molar-refractivity contribution >= 4 is 29.0 Å². The zero-order valence-corrected chi connectivity index (χ0v) is 19.3. The van der Waals surface area contributed by atoms with Crippen molar-refractivity contribution in [1.82, 2.24) is 4.90 Å². The molecule has 0 fully saturated rings. The molecule has 4 heteroatoms. The minimum Gasteiger partial charge on any atom is -0.493 e. The van der Waals surface area contributed by atoms with Gasteiger partial charge in [-0.25, -0.2) is 0 Å². The van der Waals surface area contributed by atoms with Crippen LogP contribution >= 0.6 is 12.4 Å². The molecular weight excluding hydrogens is 380 g/mol. The van der Waals surface area contributed by atoms with Crippen molar-refractivity contribution in [2.24, 2.45) is 0 Å². The van der Waals surface area contributed by atoms with E-state index in [1.54, 1.807) is 0 Å². The Morgan fingerprint density at radius 1 is 0.793 bits per heavy atom. The first-order valence-corrected chi connectivity index (χ1v) is 11.2. The second kappa shape index (κ2) is 14.3. The van der Waals surface area contributed by atoms with E-state index >= 15 is 0 Å². The predicted octanol–water partition coefficient (Wildman–Crippen LogP) is 7.45. The Morgan fingerprint density at radius 3 is 2.03 bits per heavy atom. The Kier molecular flexibility index (Phi) is 12.5. The van der Waals surface area contributed by atoms with Crippen LogP contribution in [0, 0.1) is 5.41 Å². The minimum atomic E-state index is 0. The molecule has 0 radical (unpaired) electrons. The average molecular weight is 419 g/mol. The van der Waals surface area contributed by atoms with E-state index in [2.05, 4.69) is 62.1 Å². The van der Waals surface area contributed by atoms with Gasteiger partial charge in [0.1, 0.15) is 11.6 Å². The molecule has 0 aliphatic rings. The summed E-state index contributed by atoms with van der Waals surface area (Å²) in [6.07, 6.45) is 9.40. The largest absolute Gasteiger partial charge is 0.493 e. The molecule has 0 heterocycles. The number of ether oxygens (including phenoxy) is 1. The van der Waals surface area contributed by atoms with Crippen molar-refractivity contribution in [3.63, 3.8) is 0 Å². The molecule has 0 atom stereocenters. The molecule has 0 amide bonds. The molecule has 162 valence electrons. The number of amidine groups is 1. The number of hydrogen-bond acceptors (Lipinski definition) is 2. The first-order valence-electron chi connectivity index (χ1n) is 11.2. The Balaban J connectivity index is 0.00000420. The molecule has 0 spiro atoms. The lowest BCUT2D eigenvalue weighted by Gasteiger charge is -2.26. The molecule has 1 N–H and O–H groups in total. The number of fused-ring (bicyclic) bond motifs is 1. The van der Waals surface area contributed by atoms with Gasteiger partial charge in [0.25, 0.3) is 0 Å². The molecule has 2 aromatic carbocycles. The van der Waals surface area contributed by atoms with E-state index in [4.69, 9.17) is 10.1 Å². The second-order valence-corrected chi connectivity index (χ2v) is 7.61. The van der Waals surface area contributed by atoms with Crippen LogP contribution in [0.5, 0.6) is 5.75 Å². The molecule has 0 unspecified atom stereocenters. The highest BCUT2D eigenvalue weighted by Gasteiger charge is 2.15. The number of nitrogens with one attached hydrogen (secondary N) is 1. The van der Waals surface area contributed by atoms with Crippen molar-refractivity contribution in [1.29, 1.82) is 5.41 Å². The van der Waals surface area contributed by atoms with Crippen LogP contribution in [-0.2, 0) is 0 Å². The molecule has 3 nitrogen and oxygen atoms in total. The van der Waals surface area contributed by atoms with E-state index in [0.717, 1.165) is 73.9 Å². The van der Waals surface area contributed by atoms with Gasteiger partial charge in [0.2, 0.25) is 0 Å². The van der Waals surface area contributed by atoms with E-state index in [1.807, 2.05) is 0 Å². The summed E-state index contributed by atoms with van der Waals surface area (Å²) in [4.78, 5) is 2.25. The third-order valence-corrected chi connectivity index (χ3v) is 5.27. The van der Waals surface area contributed by atoms with Gasteiger partial charge in [0.05, 0.1) is 6.61 Å². The maximum absolute atomic E-state index is 8.90. The van der Waals surface area contributed by atoms with Crippen LogP contribution in [0.4, 0.5) is 0 Å². The van der Waals surface area contributed by atoms with Crippen LogP contribution in [0.2, 0.25) is 0 Å². The van der Waals surface area contributed by atoms with Gasteiger partial charge in [-0.15, -0.1) is 12.4 Å². The summed E-state index contributed by atoms with van der Waals surface area (Å²) < 4.78 is 6.11. The van der Waals surface area contributed by atoms with Gasteiger partial charge in [-0.1, -0.05) is 77.1 Å². The highest BCUT2D eigenvalue weighted by Crippen LogP contribution is 2.29. The number of hydrogen-bond donors (Lipinski definition) is 1. The van der Waals surface area contributed by atoms with Crippen molar-refractivity contribution < 1.29 is 4.74 Å². The fourth-order valence-corrected chi connectivity index (χ4v) is 3.52. The maximum Gasteiger partial charge on any atom is 0.128 e. The van der Waals surface area contributed by atoms with E-state index in [-0.39, 0.29) is 12.4 Å². The van der Waals surface area contributed by atoms with Gasteiger partial charge in [-0.2, -0.15) is 0 Å². The van der Waals surface area contributed by atoms with Gasteiger partial charge < -0.3 is 9.64 Å². The molecule has 0 saturated heterocycles. The summed E-state index contributed by atoms with van der Waals surface area (Å²) in [6.45, 7) is 9.33. The van der Waals surface area contributed by atoms with Gasteiger partial charge in [0.15, 0.2) is 0 Å². The highest BCUT2D eigenvalue weighted by molar-refractivity contribution is 6.09.